The number of sulfonamides is 1. The summed E-state index contributed by atoms with van der Waals surface area (Å²) in [6.07, 6.45) is 0.242. The van der Waals surface area contributed by atoms with Crippen LogP contribution in [0.1, 0.15) is 39.7 Å². The average molecular weight is 653 g/mol. The predicted molar refractivity (Wildman–Crippen MR) is 167 cm³/mol. The number of benzene rings is 3. The van der Waals surface area contributed by atoms with Gasteiger partial charge in [-0.15, -0.1) is 0 Å². The van der Waals surface area contributed by atoms with Gasteiger partial charge in [0.2, 0.25) is 11.8 Å². The minimum Gasteiger partial charge on any atom is -0.494 e. The highest BCUT2D eigenvalue weighted by molar-refractivity contribution is 7.92. The first-order chi connectivity index (χ1) is 20.4. The van der Waals surface area contributed by atoms with Gasteiger partial charge < -0.3 is 15.0 Å². The number of anilines is 1. The van der Waals surface area contributed by atoms with Gasteiger partial charge in [0, 0.05) is 28.7 Å². The normalized spacial score (nSPS) is 12.1. The second-order valence-electron chi connectivity index (χ2n) is 10.2. The number of carbonyl (C=O) groups excluding carboxylic acids is 2. The lowest BCUT2D eigenvalue weighted by atomic mass is 10.1. The van der Waals surface area contributed by atoms with E-state index in [9.17, 15) is 22.4 Å². The summed E-state index contributed by atoms with van der Waals surface area (Å²) >= 11 is 12.9. The van der Waals surface area contributed by atoms with E-state index in [1.807, 2.05) is 20.8 Å². The molecule has 0 aliphatic carbocycles. The van der Waals surface area contributed by atoms with Crippen molar-refractivity contribution in [1.29, 1.82) is 0 Å². The molecule has 0 aliphatic heterocycles. The van der Waals surface area contributed by atoms with Crippen LogP contribution in [0.4, 0.5) is 10.1 Å². The van der Waals surface area contributed by atoms with E-state index < -0.39 is 34.3 Å². The lowest BCUT2D eigenvalue weighted by molar-refractivity contribution is -0.140. The van der Waals surface area contributed by atoms with Gasteiger partial charge in [0.15, 0.2) is 0 Å². The molecule has 0 spiro atoms. The number of halogens is 3. The van der Waals surface area contributed by atoms with Gasteiger partial charge in [-0.2, -0.15) is 0 Å². The molecule has 0 heterocycles. The molecule has 3 rings (SSSR count). The van der Waals surface area contributed by atoms with Crippen LogP contribution in [0.5, 0.6) is 5.75 Å². The first-order valence-corrected chi connectivity index (χ1v) is 16.1. The molecule has 1 atom stereocenters. The minimum absolute atomic E-state index is 0.140. The minimum atomic E-state index is -4.36. The summed E-state index contributed by atoms with van der Waals surface area (Å²) in [5.41, 5.74) is 0.595. The fourth-order valence-corrected chi connectivity index (χ4v) is 6.26. The van der Waals surface area contributed by atoms with E-state index in [4.69, 9.17) is 27.9 Å². The number of rotatable bonds is 14. The largest absolute Gasteiger partial charge is 0.494 e. The molecule has 1 N–H and O–H groups in total. The second kappa shape index (κ2) is 15.4. The number of carbonyl (C=O) groups is 2. The Morgan fingerprint density at radius 1 is 0.953 bits per heavy atom. The Morgan fingerprint density at radius 2 is 1.56 bits per heavy atom. The number of nitrogens with one attached hydrogen (secondary N) is 1. The Kier molecular flexibility index (Phi) is 12.2. The summed E-state index contributed by atoms with van der Waals surface area (Å²) in [5.74, 6) is -0.980. The summed E-state index contributed by atoms with van der Waals surface area (Å²) < 4.78 is 47.9. The van der Waals surface area contributed by atoms with Crippen LogP contribution in [0.3, 0.4) is 0 Å². The highest BCUT2D eigenvalue weighted by atomic mass is 35.5. The molecule has 43 heavy (non-hydrogen) atoms. The lowest BCUT2D eigenvalue weighted by Gasteiger charge is -2.33. The Bertz CT molecular complexity index is 1480. The van der Waals surface area contributed by atoms with Crippen molar-refractivity contribution in [3.8, 4) is 5.75 Å². The molecule has 0 fully saturated rings. The van der Waals surface area contributed by atoms with Crippen molar-refractivity contribution in [3.63, 3.8) is 0 Å². The highest BCUT2D eigenvalue weighted by Crippen LogP contribution is 2.29. The van der Waals surface area contributed by atoms with Gasteiger partial charge in [-0.1, -0.05) is 50.0 Å². The zero-order valence-corrected chi connectivity index (χ0v) is 26.8. The third-order valence-electron chi connectivity index (χ3n) is 6.58. The number of hydrogen-bond acceptors (Lipinski definition) is 5. The van der Waals surface area contributed by atoms with E-state index in [-0.39, 0.29) is 35.4 Å². The van der Waals surface area contributed by atoms with Gasteiger partial charge in [-0.3, -0.25) is 13.9 Å². The van der Waals surface area contributed by atoms with Gasteiger partial charge in [-0.25, -0.2) is 12.8 Å². The quantitative estimate of drug-likeness (QED) is 0.221. The summed E-state index contributed by atoms with van der Waals surface area (Å²) in [6, 6.07) is 14.5. The summed E-state index contributed by atoms with van der Waals surface area (Å²) in [4.78, 5) is 28.6. The third-order valence-corrected chi connectivity index (χ3v) is 9.07. The van der Waals surface area contributed by atoms with Crippen molar-refractivity contribution < 1.29 is 27.1 Å². The molecule has 3 aromatic rings. The molecule has 8 nitrogen and oxygen atoms in total. The molecule has 3 aromatic carbocycles. The monoisotopic (exact) mass is 651 g/mol. The highest BCUT2D eigenvalue weighted by Gasteiger charge is 2.34. The molecule has 0 saturated heterocycles. The molecule has 0 unspecified atom stereocenters. The number of ether oxygens (including phenoxy) is 1. The van der Waals surface area contributed by atoms with Gasteiger partial charge in [0.1, 0.15) is 24.2 Å². The van der Waals surface area contributed by atoms with Crippen LogP contribution in [-0.4, -0.2) is 50.9 Å². The zero-order chi connectivity index (χ0) is 31.7. The van der Waals surface area contributed by atoms with Crippen molar-refractivity contribution >= 4 is 50.7 Å². The number of amides is 2. The van der Waals surface area contributed by atoms with Gasteiger partial charge in [0.25, 0.3) is 10.0 Å². The fourth-order valence-electron chi connectivity index (χ4n) is 4.33. The number of hydrogen-bond donors (Lipinski definition) is 1. The first-order valence-electron chi connectivity index (χ1n) is 13.9. The van der Waals surface area contributed by atoms with Crippen LogP contribution in [0, 0.1) is 11.7 Å². The van der Waals surface area contributed by atoms with E-state index in [1.165, 1.54) is 17.0 Å². The van der Waals surface area contributed by atoms with Crippen LogP contribution in [0.2, 0.25) is 10.0 Å². The molecule has 0 aliphatic rings. The van der Waals surface area contributed by atoms with Crippen molar-refractivity contribution in [2.24, 2.45) is 5.92 Å². The molecule has 2 amide bonds. The molecule has 232 valence electrons. The smallest absolute Gasteiger partial charge is 0.264 e. The molecule has 0 radical (unpaired) electrons. The molecular formula is C31H36Cl2FN3O5S. The standard InChI is InChI=1S/C31H36Cl2FN3O5S/c1-5-29(31(39)35-18-21(3)4)36(19-26-27(32)8-7-9-28(26)33)30(38)20-37(23-12-14-24(15-13-23)42-6-2)43(40,41)25-16-10-22(34)11-17-25/h7-17,21,29H,5-6,18-20H2,1-4H3,(H,35,39)/t29-/m0/s1. The van der Waals surface area contributed by atoms with E-state index >= 15 is 0 Å². The van der Waals surface area contributed by atoms with E-state index in [0.29, 0.717) is 34.5 Å². The number of nitrogens with zero attached hydrogens (tertiary/aromatic N) is 2. The first kappa shape index (κ1) is 34.2. The Hall–Kier alpha value is -3.34. The van der Waals surface area contributed by atoms with Crippen LogP contribution < -0.4 is 14.4 Å². The summed E-state index contributed by atoms with van der Waals surface area (Å²) in [7, 11) is -4.36. The SMILES string of the molecule is CCOc1ccc(N(CC(=O)N(Cc2c(Cl)cccc2Cl)[C@@H](CC)C(=O)NCC(C)C)S(=O)(=O)c2ccc(F)cc2)cc1. The van der Waals surface area contributed by atoms with Crippen LogP contribution in [0.25, 0.3) is 0 Å². The zero-order valence-electron chi connectivity index (χ0n) is 24.5. The van der Waals surface area contributed by atoms with Crippen LogP contribution in [0.15, 0.2) is 71.6 Å². The topological polar surface area (TPSA) is 96.0 Å². The van der Waals surface area contributed by atoms with Gasteiger partial charge in [0.05, 0.1) is 17.2 Å². The Balaban J connectivity index is 2.09. The Morgan fingerprint density at radius 3 is 2.09 bits per heavy atom. The third kappa shape index (κ3) is 8.84. The fraction of sp³-hybridized carbons (Fsp3) is 0.355. The van der Waals surface area contributed by atoms with Crippen molar-refractivity contribution in [3.05, 3.63) is 88.2 Å². The average Bonchev–Trinajstić information content (AvgIpc) is 2.97. The second-order valence-corrected chi connectivity index (χ2v) is 12.9. The van der Waals surface area contributed by atoms with E-state index in [1.54, 1.807) is 37.3 Å². The maximum absolute atomic E-state index is 14.2. The van der Waals surface area contributed by atoms with Crippen molar-refractivity contribution in [2.45, 2.75) is 51.6 Å². The van der Waals surface area contributed by atoms with Gasteiger partial charge in [-0.05, 0) is 79.9 Å². The Labute approximate surface area is 262 Å². The lowest BCUT2D eigenvalue weighted by Crippen LogP contribution is -2.52. The molecular weight excluding hydrogens is 616 g/mol. The maximum atomic E-state index is 14.2. The molecule has 0 saturated carbocycles. The van der Waals surface area contributed by atoms with Crippen molar-refractivity contribution in [1.82, 2.24) is 10.2 Å². The summed E-state index contributed by atoms with van der Waals surface area (Å²) in [6.45, 7) is 7.47. The van der Waals surface area contributed by atoms with Crippen LogP contribution in [-0.2, 0) is 26.2 Å². The maximum Gasteiger partial charge on any atom is 0.264 e. The summed E-state index contributed by atoms with van der Waals surface area (Å²) in [5, 5.41) is 3.46. The predicted octanol–water partition coefficient (Wildman–Crippen LogP) is 6.31. The molecule has 0 bridgehead atoms. The van der Waals surface area contributed by atoms with Gasteiger partial charge >= 0.3 is 0 Å². The molecule has 0 aromatic heterocycles. The van der Waals surface area contributed by atoms with E-state index in [0.717, 1.165) is 28.6 Å². The molecule has 12 heteroatoms. The van der Waals surface area contributed by atoms with Crippen LogP contribution >= 0.6 is 23.2 Å². The van der Waals surface area contributed by atoms with Crippen molar-refractivity contribution in [2.75, 3.05) is 24.0 Å². The van der Waals surface area contributed by atoms with E-state index in [2.05, 4.69) is 5.32 Å².